The normalized spacial score (nSPS) is 21.6. The predicted molar refractivity (Wildman–Crippen MR) is 75.4 cm³/mol. The minimum absolute atomic E-state index is 0.0807. The van der Waals surface area contributed by atoms with Crippen LogP contribution in [0.15, 0.2) is 18.2 Å². The molecule has 1 heterocycles. The number of carboxylic acids is 1. The largest absolute Gasteiger partial charge is 0.496 e. The molecule has 6 nitrogen and oxygen atoms in total. The summed E-state index contributed by atoms with van der Waals surface area (Å²) in [6, 6.07) is 4.42. The van der Waals surface area contributed by atoms with Gasteiger partial charge in [-0.3, -0.25) is 14.9 Å². The van der Waals surface area contributed by atoms with Gasteiger partial charge in [0.1, 0.15) is 10.5 Å². The van der Waals surface area contributed by atoms with Gasteiger partial charge in [0.05, 0.1) is 18.1 Å². The molecule has 7 heteroatoms. The van der Waals surface area contributed by atoms with E-state index in [1.165, 1.54) is 31.0 Å². The maximum Gasteiger partial charge on any atom is 0.320 e. The highest BCUT2D eigenvalue weighted by atomic mass is 32.2. The van der Waals surface area contributed by atoms with E-state index in [-0.39, 0.29) is 12.1 Å². The number of ether oxygens (including phenoxy) is 1. The Hall–Kier alpha value is -1.76. The topological polar surface area (TPSA) is 89.7 Å². The highest BCUT2D eigenvalue weighted by molar-refractivity contribution is 8.01. The van der Waals surface area contributed by atoms with Crippen molar-refractivity contribution in [1.29, 1.82) is 0 Å². The molecule has 0 aromatic heterocycles. The second-order valence-corrected chi connectivity index (χ2v) is 6.20. The number of hydrogen-bond acceptors (Lipinski definition) is 5. The summed E-state index contributed by atoms with van der Waals surface area (Å²) in [4.78, 5) is 21.9. The van der Waals surface area contributed by atoms with Crippen LogP contribution in [0.1, 0.15) is 18.4 Å². The van der Waals surface area contributed by atoms with Crippen LogP contribution in [0.4, 0.5) is 5.69 Å². The Morgan fingerprint density at radius 3 is 2.80 bits per heavy atom. The van der Waals surface area contributed by atoms with E-state index in [9.17, 15) is 20.0 Å². The zero-order valence-corrected chi connectivity index (χ0v) is 11.8. The molecule has 1 aromatic rings. The van der Waals surface area contributed by atoms with Crippen molar-refractivity contribution in [2.45, 2.75) is 24.0 Å². The Morgan fingerprint density at radius 2 is 2.30 bits per heavy atom. The Balaban J connectivity index is 2.34. The Morgan fingerprint density at radius 1 is 1.55 bits per heavy atom. The van der Waals surface area contributed by atoms with E-state index in [4.69, 9.17) is 4.74 Å². The number of non-ortho nitro benzene ring substituents is 1. The highest BCUT2D eigenvalue weighted by Crippen LogP contribution is 2.41. The number of carbonyl (C=O) groups is 1. The van der Waals surface area contributed by atoms with E-state index in [0.717, 1.165) is 12.2 Å². The Labute approximate surface area is 120 Å². The van der Waals surface area contributed by atoms with Crippen molar-refractivity contribution < 1.29 is 19.6 Å². The molecule has 0 saturated carbocycles. The third-order valence-electron chi connectivity index (χ3n) is 3.38. The molecule has 1 aliphatic heterocycles. The fourth-order valence-electron chi connectivity index (χ4n) is 2.38. The maximum absolute atomic E-state index is 11.5. The van der Waals surface area contributed by atoms with Crippen molar-refractivity contribution in [3.05, 3.63) is 33.9 Å². The van der Waals surface area contributed by atoms with Gasteiger partial charge >= 0.3 is 5.97 Å². The summed E-state index contributed by atoms with van der Waals surface area (Å²) in [5.74, 6) is 0.321. The van der Waals surface area contributed by atoms with Crippen LogP contribution in [0, 0.1) is 10.1 Å². The summed E-state index contributed by atoms with van der Waals surface area (Å²) in [5.41, 5.74) is 0.538. The van der Waals surface area contributed by atoms with E-state index < -0.39 is 15.6 Å². The molecular formula is C13H15NO5S. The summed E-state index contributed by atoms with van der Waals surface area (Å²) in [6.07, 6.45) is 1.70. The summed E-state index contributed by atoms with van der Waals surface area (Å²) in [5, 5.41) is 20.3. The van der Waals surface area contributed by atoms with Crippen molar-refractivity contribution in [2.75, 3.05) is 12.9 Å². The van der Waals surface area contributed by atoms with Gasteiger partial charge < -0.3 is 9.84 Å². The van der Waals surface area contributed by atoms with Crippen molar-refractivity contribution in [1.82, 2.24) is 0 Å². The molecule has 0 bridgehead atoms. The monoisotopic (exact) mass is 297 g/mol. The Kier molecular flexibility index (Phi) is 4.17. The molecule has 1 atom stereocenters. The number of hydrogen-bond donors (Lipinski definition) is 1. The molecule has 1 N–H and O–H groups in total. The van der Waals surface area contributed by atoms with Gasteiger partial charge in [0.25, 0.3) is 5.69 Å². The van der Waals surface area contributed by atoms with Crippen LogP contribution in [-0.2, 0) is 11.2 Å². The number of nitro groups is 1. The average Bonchev–Trinajstić information content (AvgIpc) is 2.88. The number of nitro benzene ring substituents is 1. The molecule has 0 aliphatic carbocycles. The molecule has 1 aromatic carbocycles. The minimum Gasteiger partial charge on any atom is -0.496 e. The maximum atomic E-state index is 11.5. The van der Waals surface area contributed by atoms with Gasteiger partial charge in [-0.05, 0) is 36.6 Å². The highest BCUT2D eigenvalue weighted by Gasteiger charge is 2.42. The standard InChI is InChI=1S/C13H15NO5S/c1-19-11-6-9(5-10(7-11)14(17)18)8-13(12(15)16)3-2-4-20-13/h5-7H,2-4,8H2,1H3,(H,15,16). The smallest absolute Gasteiger partial charge is 0.320 e. The number of aliphatic carboxylic acids is 1. The van der Waals surface area contributed by atoms with Crippen molar-refractivity contribution in [2.24, 2.45) is 0 Å². The number of rotatable bonds is 5. The third-order valence-corrected chi connectivity index (χ3v) is 4.95. The number of methoxy groups -OCH3 is 1. The molecule has 0 spiro atoms. The van der Waals surface area contributed by atoms with Gasteiger partial charge in [-0.2, -0.15) is 0 Å². The van der Waals surface area contributed by atoms with Gasteiger partial charge in [-0.1, -0.05) is 0 Å². The molecule has 1 fully saturated rings. The molecule has 2 rings (SSSR count). The number of thioether (sulfide) groups is 1. The van der Waals surface area contributed by atoms with E-state index in [1.54, 1.807) is 6.07 Å². The molecule has 1 saturated heterocycles. The van der Waals surface area contributed by atoms with Crippen LogP contribution in [-0.4, -0.2) is 33.6 Å². The molecule has 1 unspecified atom stereocenters. The van der Waals surface area contributed by atoms with Crippen LogP contribution in [0.25, 0.3) is 0 Å². The lowest BCUT2D eigenvalue weighted by Crippen LogP contribution is -2.34. The first-order valence-electron chi connectivity index (χ1n) is 6.16. The van der Waals surface area contributed by atoms with Crippen LogP contribution in [0.3, 0.4) is 0 Å². The second kappa shape index (κ2) is 5.70. The van der Waals surface area contributed by atoms with Crippen LogP contribution in [0.5, 0.6) is 5.75 Å². The lowest BCUT2D eigenvalue weighted by Gasteiger charge is -2.23. The first-order chi connectivity index (χ1) is 9.47. The first-order valence-corrected chi connectivity index (χ1v) is 7.15. The fourth-order valence-corrected chi connectivity index (χ4v) is 3.74. The first kappa shape index (κ1) is 14.6. The van der Waals surface area contributed by atoms with Crippen molar-refractivity contribution in [3.63, 3.8) is 0 Å². The lowest BCUT2D eigenvalue weighted by molar-refractivity contribution is -0.385. The molecule has 0 amide bonds. The average molecular weight is 297 g/mol. The predicted octanol–water partition coefficient (Wildman–Crippen LogP) is 2.50. The minimum atomic E-state index is -0.875. The van der Waals surface area contributed by atoms with Crippen molar-refractivity contribution in [3.8, 4) is 5.75 Å². The summed E-state index contributed by atoms with van der Waals surface area (Å²) in [7, 11) is 1.43. The molecule has 20 heavy (non-hydrogen) atoms. The van der Waals surface area contributed by atoms with Gasteiger partial charge in [0.15, 0.2) is 0 Å². The SMILES string of the molecule is COc1cc(CC2(C(=O)O)CCCS2)cc([N+](=O)[O-])c1. The molecular weight excluding hydrogens is 282 g/mol. The lowest BCUT2D eigenvalue weighted by atomic mass is 9.94. The Bertz CT molecular complexity index is 540. The number of nitrogens with zero attached hydrogens (tertiary/aromatic N) is 1. The van der Waals surface area contributed by atoms with Gasteiger partial charge in [0.2, 0.25) is 0 Å². The summed E-state index contributed by atoms with van der Waals surface area (Å²) < 4.78 is 4.17. The van der Waals surface area contributed by atoms with E-state index in [1.807, 2.05) is 0 Å². The van der Waals surface area contributed by atoms with E-state index in [2.05, 4.69) is 0 Å². The van der Waals surface area contributed by atoms with Gasteiger partial charge in [-0.25, -0.2) is 0 Å². The second-order valence-electron chi connectivity index (χ2n) is 4.72. The molecule has 1 aliphatic rings. The van der Waals surface area contributed by atoms with Crippen LogP contribution in [0.2, 0.25) is 0 Å². The van der Waals surface area contributed by atoms with Crippen LogP contribution < -0.4 is 4.74 Å². The number of carboxylic acid groups (broad SMARTS) is 1. The summed E-state index contributed by atoms with van der Waals surface area (Å²) >= 11 is 1.41. The van der Waals surface area contributed by atoms with Crippen LogP contribution >= 0.6 is 11.8 Å². The fraction of sp³-hybridized carbons (Fsp3) is 0.462. The van der Waals surface area contributed by atoms with E-state index >= 15 is 0 Å². The zero-order valence-electron chi connectivity index (χ0n) is 11.0. The molecule has 108 valence electrons. The summed E-state index contributed by atoms with van der Waals surface area (Å²) in [6.45, 7) is 0. The van der Waals surface area contributed by atoms with Crippen molar-refractivity contribution >= 4 is 23.4 Å². The van der Waals surface area contributed by atoms with Gasteiger partial charge in [-0.15, -0.1) is 11.8 Å². The third kappa shape index (κ3) is 2.87. The quantitative estimate of drug-likeness (QED) is 0.663. The van der Waals surface area contributed by atoms with E-state index in [0.29, 0.717) is 17.7 Å². The zero-order chi connectivity index (χ0) is 14.8. The number of benzene rings is 1. The molecule has 0 radical (unpaired) electrons. The van der Waals surface area contributed by atoms with Gasteiger partial charge in [0, 0.05) is 6.07 Å².